The Balaban J connectivity index is 1.44. The molecule has 3 aliphatic rings. The van der Waals surface area contributed by atoms with Crippen LogP contribution >= 0.6 is 0 Å². The van der Waals surface area contributed by atoms with E-state index in [2.05, 4.69) is 21.3 Å². The summed E-state index contributed by atoms with van der Waals surface area (Å²) in [6.45, 7) is 0. The van der Waals surface area contributed by atoms with Gasteiger partial charge in [0.15, 0.2) is 0 Å². The zero-order chi connectivity index (χ0) is 18.2. The van der Waals surface area contributed by atoms with E-state index in [4.69, 9.17) is 0 Å². The van der Waals surface area contributed by atoms with Gasteiger partial charge >= 0.3 is 12.1 Å². The summed E-state index contributed by atoms with van der Waals surface area (Å²) in [6, 6.07) is 0.558. The van der Waals surface area contributed by atoms with E-state index in [1.807, 2.05) is 0 Å². The molecule has 26 heavy (non-hydrogen) atoms. The Labute approximate surface area is 157 Å². The number of hydrogen-bond donors (Lipinski definition) is 4. The van der Waals surface area contributed by atoms with Crippen LogP contribution in [0.1, 0.15) is 89.9 Å². The molecule has 0 aromatic carbocycles. The van der Waals surface area contributed by atoms with Gasteiger partial charge in [0.2, 0.25) is 0 Å². The van der Waals surface area contributed by atoms with E-state index in [0.717, 1.165) is 51.4 Å². The quantitative estimate of drug-likeness (QED) is 0.615. The molecule has 4 amide bonds. The maximum atomic E-state index is 12.4. The third kappa shape index (κ3) is 6.06. The fraction of sp³-hybridized carbons (Fsp3) is 0.900. The van der Waals surface area contributed by atoms with E-state index in [-0.39, 0.29) is 24.1 Å². The van der Waals surface area contributed by atoms with E-state index >= 15 is 0 Å². The smallest absolute Gasteiger partial charge is 0.315 e. The molecule has 4 N–H and O–H groups in total. The van der Waals surface area contributed by atoms with E-state index < -0.39 is 0 Å². The first-order valence-electron chi connectivity index (χ1n) is 10.8. The van der Waals surface area contributed by atoms with Gasteiger partial charge in [0.25, 0.3) is 0 Å². The lowest BCUT2D eigenvalue weighted by atomic mass is 9.90. The predicted molar refractivity (Wildman–Crippen MR) is 103 cm³/mol. The van der Waals surface area contributed by atoms with Crippen LogP contribution in [0.25, 0.3) is 0 Å². The highest BCUT2D eigenvalue weighted by molar-refractivity contribution is 5.76. The molecule has 3 saturated carbocycles. The van der Waals surface area contributed by atoms with E-state index in [1.54, 1.807) is 0 Å². The molecule has 0 radical (unpaired) electrons. The zero-order valence-corrected chi connectivity index (χ0v) is 16.0. The van der Waals surface area contributed by atoms with Gasteiger partial charge in [-0.15, -0.1) is 0 Å². The Kier molecular flexibility index (Phi) is 7.44. The van der Waals surface area contributed by atoms with Crippen LogP contribution in [-0.2, 0) is 0 Å². The van der Waals surface area contributed by atoms with Crippen molar-refractivity contribution in [2.24, 2.45) is 0 Å². The summed E-state index contributed by atoms with van der Waals surface area (Å²) < 4.78 is 0. The summed E-state index contributed by atoms with van der Waals surface area (Å²) in [6.07, 6.45) is 15.8. The molecule has 0 aliphatic heterocycles. The van der Waals surface area contributed by atoms with Gasteiger partial charge in [0.05, 0.1) is 12.1 Å². The third-order valence-electron chi connectivity index (χ3n) is 6.28. The molecule has 0 spiro atoms. The lowest BCUT2D eigenvalue weighted by molar-refractivity contribution is 0.206. The summed E-state index contributed by atoms with van der Waals surface area (Å²) >= 11 is 0. The average Bonchev–Trinajstić information content (AvgIpc) is 2.65. The average molecular weight is 365 g/mol. The van der Waals surface area contributed by atoms with Gasteiger partial charge in [-0.1, -0.05) is 51.4 Å². The van der Waals surface area contributed by atoms with Gasteiger partial charge < -0.3 is 21.3 Å². The monoisotopic (exact) mass is 364 g/mol. The second kappa shape index (κ2) is 10.0. The van der Waals surface area contributed by atoms with Crippen molar-refractivity contribution in [1.29, 1.82) is 0 Å². The minimum atomic E-state index is -0.0664. The van der Waals surface area contributed by atoms with E-state index in [9.17, 15) is 9.59 Å². The summed E-state index contributed by atoms with van der Waals surface area (Å²) in [4.78, 5) is 24.8. The van der Waals surface area contributed by atoms with Crippen LogP contribution in [-0.4, -0.2) is 36.2 Å². The molecule has 0 aromatic heterocycles. The number of urea groups is 2. The van der Waals surface area contributed by atoms with Gasteiger partial charge in [0, 0.05) is 12.1 Å². The summed E-state index contributed by atoms with van der Waals surface area (Å²) in [5, 5.41) is 12.5. The SMILES string of the molecule is O=C(NC1CCCCC1)N[C@H]1CCCC[C@H]1NC(=O)NC1CCCCC1. The number of rotatable bonds is 4. The molecule has 6 nitrogen and oxygen atoms in total. The van der Waals surface area contributed by atoms with Crippen molar-refractivity contribution in [2.75, 3.05) is 0 Å². The molecule has 148 valence electrons. The van der Waals surface area contributed by atoms with E-state index in [1.165, 1.54) is 38.5 Å². The molecular formula is C20H36N4O2. The predicted octanol–water partition coefficient (Wildman–Crippen LogP) is 3.56. The Morgan fingerprint density at radius 2 is 0.808 bits per heavy atom. The van der Waals surface area contributed by atoms with Gasteiger partial charge in [-0.2, -0.15) is 0 Å². The maximum absolute atomic E-state index is 12.4. The van der Waals surface area contributed by atoms with Crippen LogP contribution in [0.15, 0.2) is 0 Å². The highest BCUT2D eigenvalue weighted by Crippen LogP contribution is 2.21. The summed E-state index contributed by atoms with van der Waals surface area (Å²) in [5.41, 5.74) is 0. The second-order valence-electron chi connectivity index (χ2n) is 8.40. The normalized spacial score (nSPS) is 28.2. The van der Waals surface area contributed by atoms with Crippen molar-refractivity contribution in [3.05, 3.63) is 0 Å². The Morgan fingerprint density at radius 3 is 1.19 bits per heavy atom. The molecule has 0 saturated heterocycles. The van der Waals surface area contributed by atoms with Crippen molar-refractivity contribution in [2.45, 2.75) is 114 Å². The molecular weight excluding hydrogens is 328 g/mol. The molecule has 0 bridgehead atoms. The van der Waals surface area contributed by atoms with Crippen LogP contribution in [0.5, 0.6) is 0 Å². The molecule has 3 aliphatic carbocycles. The van der Waals surface area contributed by atoms with Crippen LogP contribution < -0.4 is 21.3 Å². The van der Waals surface area contributed by atoms with Crippen molar-refractivity contribution in [3.63, 3.8) is 0 Å². The molecule has 0 aromatic rings. The largest absolute Gasteiger partial charge is 0.335 e. The molecule has 2 atom stereocenters. The summed E-state index contributed by atoms with van der Waals surface area (Å²) in [5.74, 6) is 0. The minimum absolute atomic E-state index is 0.0319. The van der Waals surface area contributed by atoms with Crippen LogP contribution in [0.3, 0.4) is 0 Å². The van der Waals surface area contributed by atoms with Crippen molar-refractivity contribution >= 4 is 12.1 Å². The number of amides is 4. The lowest BCUT2D eigenvalue weighted by Gasteiger charge is -2.34. The number of carbonyl (C=O) groups is 2. The summed E-state index contributed by atoms with van der Waals surface area (Å²) in [7, 11) is 0. The molecule has 6 heteroatoms. The number of carbonyl (C=O) groups excluding carboxylic acids is 2. The lowest BCUT2D eigenvalue weighted by Crippen LogP contribution is -2.58. The standard InChI is InChI=1S/C20H36N4O2/c25-19(21-15-9-3-1-4-10-15)23-17-13-7-8-14-18(17)24-20(26)22-16-11-5-2-6-12-16/h15-18H,1-14H2,(H2,21,23,25)(H2,22,24,26)/t17-,18+. The fourth-order valence-corrected chi connectivity index (χ4v) is 4.76. The van der Waals surface area contributed by atoms with Gasteiger partial charge in [0.1, 0.15) is 0 Å². The van der Waals surface area contributed by atoms with Crippen molar-refractivity contribution in [1.82, 2.24) is 21.3 Å². The highest BCUT2D eigenvalue weighted by atomic mass is 16.2. The van der Waals surface area contributed by atoms with Crippen molar-refractivity contribution in [3.8, 4) is 0 Å². The van der Waals surface area contributed by atoms with Gasteiger partial charge in [-0.05, 0) is 38.5 Å². The molecule has 3 fully saturated rings. The van der Waals surface area contributed by atoms with Crippen LogP contribution in [0.4, 0.5) is 9.59 Å². The zero-order valence-electron chi connectivity index (χ0n) is 16.0. The second-order valence-corrected chi connectivity index (χ2v) is 8.40. The Morgan fingerprint density at radius 1 is 0.462 bits per heavy atom. The van der Waals surface area contributed by atoms with Gasteiger partial charge in [-0.25, -0.2) is 9.59 Å². The van der Waals surface area contributed by atoms with Crippen LogP contribution in [0.2, 0.25) is 0 Å². The fourth-order valence-electron chi connectivity index (χ4n) is 4.76. The van der Waals surface area contributed by atoms with E-state index in [0.29, 0.717) is 12.1 Å². The maximum Gasteiger partial charge on any atom is 0.315 e. The third-order valence-corrected chi connectivity index (χ3v) is 6.28. The molecule has 0 heterocycles. The first-order valence-corrected chi connectivity index (χ1v) is 10.8. The Bertz CT molecular complexity index is 417. The molecule has 3 rings (SSSR count). The minimum Gasteiger partial charge on any atom is -0.335 e. The first-order chi connectivity index (χ1) is 12.7. The highest BCUT2D eigenvalue weighted by Gasteiger charge is 2.29. The topological polar surface area (TPSA) is 82.3 Å². The molecule has 0 unspecified atom stereocenters. The number of hydrogen-bond acceptors (Lipinski definition) is 2. The van der Waals surface area contributed by atoms with Gasteiger partial charge in [-0.3, -0.25) is 0 Å². The number of nitrogens with one attached hydrogen (secondary N) is 4. The van der Waals surface area contributed by atoms with Crippen LogP contribution in [0, 0.1) is 0 Å². The first kappa shape index (κ1) is 19.3. The van der Waals surface area contributed by atoms with Crippen molar-refractivity contribution < 1.29 is 9.59 Å². The Hall–Kier alpha value is -1.46.